The topological polar surface area (TPSA) is 59.1 Å². The molecule has 3 fully saturated rings. The van der Waals surface area contributed by atoms with E-state index in [4.69, 9.17) is 9.47 Å². The molecule has 1 unspecified atom stereocenters. The number of carbonyl (C=O) groups excluding carboxylic acids is 2. The lowest BCUT2D eigenvalue weighted by molar-refractivity contribution is -0.150. The van der Waals surface area contributed by atoms with Gasteiger partial charge in [-0.05, 0) is 82.9 Å². The molecule has 2 saturated heterocycles. The summed E-state index contributed by atoms with van der Waals surface area (Å²) in [5, 5.41) is 0. The van der Waals surface area contributed by atoms with E-state index in [1.165, 1.54) is 25.5 Å². The molecule has 3 aliphatic rings. The first-order valence-electron chi connectivity index (χ1n) is 12.0. The van der Waals surface area contributed by atoms with E-state index >= 15 is 0 Å². The van der Waals surface area contributed by atoms with Gasteiger partial charge in [0.15, 0.2) is 0 Å². The van der Waals surface area contributed by atoms with Crippen LogP contribution >= 0.6 is 0 Å². The summed E-state index contributed by atoms with van der Waals surface area (Å²) in [6, 6.07) is 10.9. The molecule has 6 heteroatoms. The van der Waals surface area contributed by atoms with Gasteiger partial charge in [-0.3, -0.25) is 9.69 Å². The number of methoxy groups -OCH3 is 1. The normalized spacial score (nSPS) is 25.7. The van der Waals surface area contributed by atoms with E-state index in [-0.39, 0.29) is 17.6 Å². The van der Waals surface area contributed by atoms with Crippen LogP contribution in [0.4, 0.5) is 4.79 Å². The molecular weight excluding hydrogens is 404 g/mol. The number of rotatable bonds is 6. The predicted octanol–water partition coefficient (Wildman–Crippen LogP) is 4.44. The number of hydrogen-bond acceptors (Lipinski definition) is 5. The molecule has 2 aliphatic heterocycles. The third kappa shape index (κ3) is 5.28. The third-order valence-corrected chi connectivity index (χ3v) is 7.39. The molecule has 1 aromatic carbocycles. The van der Waals surface area contributed by atoms with Crippen LogP contribution in [0.25, 0.3) is 0 Å². The van der Waals surface area contributed by atoms with E-state index in [1.54, 1.807) is 4.90 Å². The first kappa shape index (κ1) is 23.1. The second-order valence-corrected chi connectivity index (χ2v) is 11.0. The minimum absolute atomic E-state index is 0.209. The quantitative estimate of drug-likeness (QED) is 0.610. The average molecular weight is 443 g/mol. The Balaban J connectivity index is 1.30. The van der Waals surface area contributed by atoms with Crippen LogP contribution in [-0.2, 0) is 14.3 Å². The number of likely N-dealkylation sites (tertiary alicyclic amines) is 2. The minimum Gasteiger partial charge on any atom is -0.469 e. The van der Waals surface area contributed by atoms with Crippen molar-refractivity contribution in [1.82, 2.24) is 9.80 Å². The van der Waals surface area contributed by atoms with Crippen molar-refractivity contribution < 1.29 is 19.1 Å². The second-order valence-electron chi connectivity index (χ2n) is 11.0. The average Bonchev–Trinajstić information content (AvgIpc) is 3.49. The Hall–Kier alpha value is -2.08. The Morgan fingerprint density at radius 2 is 1.75 bits per heavy atom. The summed E-state index contributed by atoms with van der Waals surface area (Å²) in [5.41, 5.74) is 0.654. The molecule has 0 radical (unpaired) electrons. The third-order valence-electron chi connectivity index (χ3n) is 7.39. The summed E-state index contributed by atoms with van der Waals surface area (Å²) < 4.78 is 10.5. The fourth-order valence-electron chi connectivity index (χ4n) is 5.57. The van der Waals surface area contributed by atoms with Gasteiger partial charge in [0.1, 0.15) is 5.60 Å². The van der Waals surface area contributed by atoms with Crippen molar-refractivity contribution in [2.75, 3.05) is 33.3 Å². The van der Waals surface area contributed by atoms with Crippen LogP contribution < -0.4 is 0 Å². The van der Waals surface area contributed by atoms with Crippen LogP contribution in [0.3, 0.4) is 0 Å². The number of ether oxygens (including phenoxy) is 2. The molecule has 1 saturated carbocycles. The van der Waals surface area contributed by atoms with Crippen molar-refractivity contribution in [3.8, 4) is 0 Å². The molecule has 0 bridgehead atoms. The van der Waals surface area contributed by atoms with Gasteiger partial charge in [-0.2, -0.15) is 0 Å². The van der Waals surface area contributed by atoms with Crippen LogP contribution in [-0.4, -0.2) is 66.3 Å². The van der Waals surface area contributed by atoms with Crippen LogP contribution in [0.1, 0.15) is 64.4 Å². The maximum Gasteiger partial charge on any atom is 0.410 e. The lowest BCUT2D eigenvalue weighted by Crippen LogP contribution is -2.73. The fraction of sp³-hybridized carbons (Fsp3) is 0.692. The molecule has 176 valence electrons. The number of benzene rings is 1. The number of nitrogens with zero attached hydrogens (tertiary/aromatic N) is 2. The monoisotopic (exact) mass is 442 g/mol. The van der Waals surface area contributed by atoms with Crippen LogP contribution in [0.2, 0.25) is 0 Å². The maximum atomic E-state index is 12.5. The highest BCUT2D eigenvalue weighted by atomic mass is 16.6. The second kappa shape index (κ2) is 9.05. The lowest BCUT2D eigenvalue weighted by Gasteiger charge is -2.56. The van der Waals surface area contributed by atoms with Crippen molar-refractivity contribution in [2.24, 2.45) is 11.8 Å². The molecule has 0 N–H and O–H groups in total. The molecule has 0 aromatic heterocycles. The Morgan fingerprint density at radius 3 is 2.34 bits per heavy atom. The zero-order valence-electron chi connectivity index (χ0n) is 20.0. The predicted molar refractivity (Wildman–Crippen MR) is 123 cm³/mol. The molecule has 2 atom stereocenters. The smallest absolute Gasteiger partial charge is 0.410 e. The zero-order chi connectivity index (χ0) is 22.9. The standard InChI is InChI=1S/C26H38N2O4/c1-25(2,3)32-24(30)27-17-26(18-27,16-23(29)31-4)28-12-10-19(11-13-28)14-21-15-22(21)20-8-6-5-7-9-20/h5-9,19,21-22H,10-18H2,1-4H3/t21-,22?/m1/s1. The molecular formula is C26H38N2O4. The first-order valence-corrected chi connectivity index (χ1v) is 12.0. The number of esters is 1. The van der Waals surface area contributed by atoms with Gasteiger partial charge in [0.2, 0.25) is 0 Å². The number of piperidine rings is 1. The van der Waals surface area contributed by atoms with Crippen molar-refractivity contribution in [3.63, 3.8) is 0 Å². The SMILES string of the molecule is COC(=O)CC1(N2CCC(C[C@@H]3CC3c3ccccc3)CC2)CN(C(=O)OC(C)(C)C)C1. The summed E-state index contributed by atoms with van der Waals surface area (Å²) in [6.07, 6.45) is 4.98. The lowest BCUT2D eigenvalue weighted by atomic mass is 9.81. The zero-order valence-corrected chi connectivity index (χ0v) is 20.0. The Bertz CT molecular complexity index is 805. The summed E-state index contributed by atoms with van der Waals surface area (Å²) in [5.74, 6) is 2.11. The molecule has 32 heavy (non-hydrogen) atoms. The molecule has 1 amide bonds. The molecule has 4 rings (SSSR count). The van der Waals surface area contributed by atoms with Crippen molar-refractivity contribution in [2.45, 2.75) is 69.9 Å². The highest BCUT2D eigenvalue weighted by Gasteiger charge is 2.52. The van der Waals surface area contributed by atoms with E-state index in [1.807, 2.05) is 20.8 Å². The van der Waals surface area contributed by atoms with Gasteiger partial charge in [-0.1, -0.05) is 30.3 Å². The van der Waals surface area contributed by atoms with Crippen LogP contribution in [0, 0.1) is 11.8 Å². The summed E-state index contributed by atoms with van der Waals surface area (Å²) >= 11 is 0. The Morgan fingerprint density at radius 1 is 1.09 bits per heavy atom. The minimum atomic E-state index is -0.517. The van der Waals surface area contributed by atoms with Crippen LogP contribution in [0.15, 0.2) is 30.3 Å². The fourth-order valence-corrected chi connectivity index (χ4v) is 5.57. The largest absolute Gasteiger partial charge is 0.469 e. The summed E-state index contributed by atoms with van der Waals surface area (Å²) in [6.45, 7) is 8.64. The Labute approximate surface area is 192 Å². The summed E-state index contributed by atoms with van der Waals surface area (Å²) in [4.78, 5) is 28.8. The highest BCUT2D eigenvalue weighted by molar-refractivity contribution is 5.74. The first-order chi connectivity index (χ1) is 15.2. The van der Waals surface area contributed by atoms with E-state index in [0.717, 1.165) is 43.7 Å². The van der Waals surface area contributed by atoms with E-state index < -0.39 is 5.60 Å². The van der Waals surface area contributed by atoms with Gasteiger partial charge in [-0.25, -0.2) is 4.79 Å². The van der Waals surface area contributed by atoms with E-state index in [0.29, 0.717) is 19.5 Å². The van der Waals surface area contributed by atoms with Gasteiger partial charge in [0.25, 0.3) is 0 Å². The van der Waals surface area contributed by atoms with Gasteiger partial charge < -0.3 is 14.4 Å². The maximum absolute atomic E-state index is 12.5. The molecule has 0 spiro atoms. The van der Waals surface area contributed by atoms with E-state index in [2.05, 4.69) is 35.2 Å². The molecule has 1 aromatic rings. The van der Waals surface area contributed by atoms with Gasteiger partial charge in [0.05, 0.1) is 19.1 Å². The van der Waals surface area contributed by atoms with Crippen LogP contribution in [0.5, 0.6) is 0 Å². The van der Waals surface area contributed by atoms with E-state index in [9.17, 15) is 9.59 Å². The van der Waals surface area contributed by atoms with Gasteiger partial charge in [0, 0.05) is 13.1 Å². The number of hydrogen-bond donors (Lipinski definition) is 0. The van der Waals surface area contributed by atoms with Crippen molar-refractivity contribution >= 4 is 12.1 Å². The molecule has 1 aliphatic carbocycles. The van der Waals surface area contributed by atoms with Gasteiger partial charge in [-0.15, -0.1) is 0 Å². The van der Waals surface area contributed by atoms with Crippen molar-refractivity contribution in [3.05, 3.63) is 35.9 Å². The summed E-state index contributed by atoms with van der Waals surface area (Å²) in [7, 11) is 1.44. The number of carbonyl (C=O) groups is 2. The Kier molecular flexibility index (Phi) is 6.53. The molecule has 2 heterocycles. The van der Waals surface area contributed by atoms with Gasteiger partial charge >= 0.3 is 12.1 Å². The molecule has 6 nitrogen and oxygen atoms in total. The van der Waals surface area contributed by atoms with Crippen molar-refractivity contribution in [1.29, 1.82) is 0 Å². The highest BCUT2D eigenvalue weighted by Crippen LogP contribution is 2.52. The number of amides is 1.